The first-order chi connectivity index (χ1) is 11.1. The molecule has 0 saturated carbocycles. The van der Waals surface area contributed by atoms with Gasteiger partial charge in [-0.2, -0.15) is 18.3 Å². The molecular formula is C13H11Cl2F3N4S2. The van der Waals surface area contributed by atoms with Gasteiger partial charge in [0.2, 0.25) is 0 Å². The lowest BCUT2D eigenvalue weighted by atomic mass is 10.2. The quantitative estimate of drug-likeness (QED) is 0.568. The molecule has 4 N–H and O–H groups in total. The Kier molecular flexibility index (Phi) is 5.58. The Balaban J connectivity index is 2.69. The Hall–Kier alpha value is -1.16. The van der Waals surface area contributed by atoms with Crippen molar-refractivity contribution in [3.8, 4) is 5.69 Å². The molecule has 0 aliphatic carbocycles. The van der Waals surface area contributed by atoms with E-state index >= 15 is 0 Å². The van der Waals surface area contributed by atoms with Gasteiger partial charge in [0, 0.05) is 0 Å². The summed E-state index contributed by atoms with van der Waals surface area (Å²) in [6, 6.07) is 1.52. The van der Waals surface area contributed by atoms with Gasteiger partial charge in [0.1, 0.15) is 22.2 Å². The number of hydrogen-bond acceptors (Lipinski definition) is 4. The lowest BCUT2D eigenvalue weighted by molar-refractivity contribution is -0.137. The third-order valence-corrected chi connectivity index (χ3v) is 4.70. The van der Waals surface area contributed by atoms with Gasteiger partial charge >= 0.3 is 6.18 Å². The monoisotopic (exact) mass is 414 g/mol. The number of thioether (sulfide) groups is 1. The topological polar surface area (TPSA) is 69.9 Å². The highest BCUT2D eigenvalue weighted by molar-refractivity contribution is 7.99. The number of anilines is 1. The summed E-state index contributed by atoms with van der Waals surface area (Å²) in [6.07, 6.45) is -4.57. The molecule has 4 nitrogen and oxygen atoms in total. The Morgan fingerprint density at radius 2 is 1.88 bits per heavy atom. The fourth-order valence-corrected chi connectivity index (χ4v) is 3.63. The van der Waals surface area contributed by atoms with Crippen LogP contribution in [0.2, 0.25) is 10.0 Å². The van der Waals surface area contributed by atoms with Gasteiger partial charge in [-0.05, 0) is 17.9 Å². The maximum Gasteiger partial charge on any atom is 0.416 e. The average Bonchev–Trinajstić information content (AvgIpc) is 2.76. The van der Waals surface area contributed by atoms with Crippen LogP contribution in [-0.4, -0.2) is 20.5 Å². The predicted molar refractivity (Wildman–Crippen MR) is 95.3 cm³/mol. The van der Waals surface area contributed by atoms with Crippen LogP contribution in [0.4, 0.5) is 19.0 Å². The van der Waals surface area contributed by atoms with Crippen molar-refractivity contribution < 1.29 is 13.2 Å². The van der Waals surface area contributed by atoms with Crippen LogP contribution in [0.5, 0.6) is 0 Å². The number of nitrogens with zero attached hydrogens (tertiary/aromatic N) is 2. The number of aromatic nitrogens is 2. The van der Waals surface area contributed by atoms with Gasteiger partial charge < -0.3 is 11.5 Å². The third kappa shape index (κ3) is 3.58. The number of alkyl halides is 3. The van der Waals surface area contributed by atoms with Gasteiger partial charge in [0.05, 0.1) is 20.5 Å². The van der Waals surface area contributed by atoms with E-state index in [1.54, 1.807) is 0 Å². The Morgan fingerprint density at radius 3 is 2.29 bits per heavy atom. The summed E-state index contributed by atoms with van der Waals surface area (Å²) >= 11 is 18.3. The molecule has 0 radical (unpaired) electrons. The van der Waals surface area contributed by atoms with Crippen molar-refractivity contribution in [2.75, 3.05) is 11.5 Å². The van der Waals surface area contributed by atoms with Gasteiger partial charge in [-0.15, -0.1) is 11.8 Å². The molecule has 0 saturated heterocycles. The summed E-state index contributed by atoms with van der Waals surface area (Å²) in [5.41, 5.74) is 11.0. The molecule has 0 atom stereocenters. The number of benzene rings is 1. The van der Waals surface area contributed by atoms with Crippen LogP contribution < -0.4 is 11.5 Å². The van der Waals surface area contributed by atoms with Crippen molar-refractivity contribution in [3.63, 3.8) is 0 Å². The molecule has 0 fully saturated rings. The number of thiocarbonyl (C=S) groups is 1. The Bertz CT molecular complexity index is 782. The zero-order valence-electron chi connectivity index (χ0n) is 12.1. The molecule has 11 heteroatoms. The Morgan fingerprint density at radius 1 is 1.33 bits per heavy atom. The van der Waals surface area contributed by atoms with Gasteiger partial charge in [-0.1, -0.05) is 42.3 Å². The van der Waals surface area contributed by atoms with E-state index in [-0.39, 0.29) is 32.2 Å². The SMILES string of the molecule is CCSc1c(C(N)=S)nn(-c2c(Cl)cc(C(F)(F)F)cc2Cl)c1N. The normalized spacial score (nSPS) is 11.8. The van der Waals surface area contributed by atoms with Crippen LogP contribution in [0, 0.1) is 0 Å². The molecular weight excluding hydrogens is 404 g/mol. The molecule has 1 heterocycles. The summed E-state index contributed by atoms with van der Waals surface area (Å²) in [5, 5.41) is 3.68. The molecule has 0 aliphatic rings. The highest BCUT2D eigenvalue weighted by Crippen LogP contribution is 2.40. The van der Waals surface area contributed by atoms with E-state index in [2.05, 4.69) is 5.10 Å². The largest absolute Gasteiger partial charge is 0.416 e. The number of nitrogens with two attached hydrogens (primary N) is 2. The highest BCUT2D eigenvalue weighted by atomic mass is 35.5. The standard InChI is InChI=1S/C13H11Cl2F3N4S2/c1-2-24-10-8(12(20)23)21-22(11(10)19)9-6(14)3-5(4-7(9)15)13(16,17)18/h3-4H,2,19H2,1H3,(H2,20,23). The van der Waals surface area contributed by atoms with Gasteiger partial charge in [-0.3, -0.25) is 0 Å². The number of nitrogen functional groups attached to an aromatic ring is 1. The van der Waals surface area contributed by atoms with Gasteiger partial charge in [-0.25, -0.2) is 4.68 Å². The molecule has 2 rings (SSSR count). The smallest absolute Gasteiger partial charge is 0.388 e. The van der Waals surface area contributed by atoms with Crippen LogP contribution in [0.15, 0.2) is 17.0 Å². The van der Waals surface area contributed by atoms with Crippen LogP contribution in [0.1, 0.15) is 18.2 Å². The summed E-state index contributed by atoms with van der Waals surface area (Å²) in [5.74, 6) is 0.813. The number of rotatable bonds is 4. The first-order valence-corrected chi connectivity index (χ1v) is 8.60. The zero-order chi connectivity index (χ0) is 18.2. The summed E-state index contributed by atoms with van der Waals surface area (Å²) in [6.45, 7) is 1.89. The zero-order valence-corrected chi connectivity index (χ0v) is 15.3. The van der Waals surface area contributed by atoms with E-state index in [1.165, 1.54) is 11.8 Å². The van der Waals surface area contributed by atoms with E-state index < -0.39 is 11.7 Å². The highest BCUT2D eigenvalue weighted by Gasteiger charge is 2.33. The minimum Gasteiger partial charge on any atom is -0.388 e. The minimum atomic E-state index is -4.57. The van der Waals surface area contributed by atoms with E-state index in [0.29, 0.717) is 10.6 Å². The fraction of sp³-hybridized carbons (Fsp3) is 0.231. The maximum atomic E-state index is 12.8. The van der Waals surface area contributed by atoms with Crippen molar-refractivity contribution in [1.29, 1.82) is 0 Å². The third-order valence-electron chi connectivity index (χ3n) is 2.95. The molecule has 0 unspecified atom stereocenters. The summed E-state index contributed by atoms with van der Waals surface area (Å²) in [7, 11) is 0. The second-order valence-corrected chi connectivity index (χ2v) is 7.09. The fourth-order valence-electron chi connectivity index (χ4n) is 1.97. The first-order valence-electron chi connectivity index (χ1n) is 6.45. The number of halogens is 5. The predicted octanol–water partition coefficient (Wildman–Crippen LogP) is 4.53. The van der Waals surface area contributed by atoms with Crippen molar-refractivity contribution in [2.24, 2.45) is 5.73 Å². The van der Waals surface area contributed by atoms with Crippen molar-refractivity contribution in [1.82, 2.24) is 9.78 Å². The molecule has 0 spiro atoms. The molecule has 0 bridgehead atoms. The van der Waals surface area contributed by atoms with Crippen LogP contribution in [0.3, 0.4) is 0 Å². The van der Waals surface area contributed by atoms with Gasteiger partial charge in [0.15, 0.2) is 0 Å². The molecule has 0 amide bonds. The average molecular weight is 415 g/mol. The lowest BCUT2D eigenvalue weighted by Gasteiger charge is -2.13. The summed E-state index contributed by atoms with van der Waals surface area (Å²) in [4.78, 5) is 0.535. The van der Waals surface area contributed by atoms with Crippen molar-refractivity contribution in [2.45, 2.75) is 18.0 Å². The van der Waals surface area contributed by atoms with Crippen molar-refractivity contribution >= 4 is 58.0 Å². The molecule has 2 aromatic rings. The second kappa shape index (κ2) is 6.99. The second-order valence-electron chi connectivity index (χ2n) is 4.56. The Labute approximate surface area is 155 Å². The van der Waals surface area contributed by atoms with E-state index in [1.807, 2.05) is 6.92 Å². The van der Waals surface area contributed by atoms with Crippen LogP contribution in [0.25, 0.3) is 5.69 Å². The first kappa shape index (κ1) is 19.2. The molecule has 0 aliphatic heterocycles. The molecule has 1 aromatic carbocycles. The van der Waals surface area contributed by atoms with Crippen LogP contribution in [-0.2, 0) is 6.18 Å². The van der Waals surface area contributed by atoms with Crippen molar-refractivity contribution in [3.05, 3.63) is 33.4 Å². The van der Waals surface area contributed by atoms with E-state index in [4.69, 9.17) is 46.9 Å². The molecule has 1 aromatic heterocycles. The van der Waals surface area contributed by atoms with E-state index in [9.17, 15) is 13.2 Å². The number of hydrogen-bond donors (Lipinski definition) is 2. The van der Waals surface area contributed by atoms with Gasteiger partial charge in [0.25, 0.3) is 0 Å². The lowest BCUT2D eigenvalue weighted by Crippen LogP contribution is -2.12. The summed E-state index contributed by atoms with van der Waals surface area (Å²) < 4.78 is 39.7. The van der Waals surface area contributed by atoms with E-state index in [0.717, 1.165) is 16.8 Å². The molecule has 130 valence electrons. The van der Waals surface area contributed by atoms with Crippen LogP contribution >= 0.6 is 47.2 Å². The maximum absolute atomic E-state index is 12.8. The molecule has 24 heavy (non-hydrogen) atoms. The minimum absolute atomic E-state index is 0.00977.